The van der Waals surface area contributed by atoms with Crippen LogP contribution >= 0.6 is 11.8 Å². The minimum absolute atomic E-state index is 0.117. The third-order valence-electron chi connectivity index (χ3n) is 3.55. The van der Waals surface area contributed by atoms with E-state index in [0.29, 0.717) is 10.5 Å². The fourth-order valence-corrected chi connectivity index (χ4v) is 2.69. The lowest BCUT2D eigenvalue weighted by Gasteiger charge is -2.10. The minimum Gasteiger partial charge on any atom is -0.258 e. The monoisotopic (exact) mass is 265 g/mol. The largest absolute Gasteiger partial charge is 0.328 e. The summed E-state index contributed by atoms with van der Waals surface area (Å²) >= 11 is 1.31. The maximum atomic E-state index is 11.3. The molecule has 0 saturated carbocycles. The van der Waals surface area contributed by atoms with E-state index in [9.17, 15) is 10.1 Å². The van der Waals surface area contributed by atoms with E-state index in [1.54, 1.807) is 10.8 Å². The molecule has 0 atom stereocenters. The van der Waals surface area contributed by atoms with E-state index in [-0.39, 0.29) is 10.6 Å². The predicted molar refractivity (Wildman–Crippen MR) is 72.6 cm³/mol. The molecule has 0 fully saturated rings. The van der Waals surface area contributed by atoms with Crippen LogP contribution in [0.3, 0.4) is 0 Å². The molecule has 2 aromatic rings. The summed E-state index contributed by atoms with van der Waals surface area (Å²) in [5.41, 5.74) is 4.84. The lowest BCUT2D eigenvalue weighted by molar-refractivity contribution is -0.386. The van der Waals surface area contributed by atoms with Gasteiger partial charge in [0.15, 0.2) is 5.03 Å². The zero-order chi connectivity index (χ0) is 13.6. The Kier molecular flexibility index (Phi) is 3.06. The van der Waals surface area contributed by atoms with Crippen molar-refractivity contribution in [1.29, 1.82) is 0 Å². The average molecular weight is 265 g/mol. The zero-order valence-corrected chi connectivity index (χ0v) is 11.9. The van der Waals surface area contributed by atoms with Gasteiger partial charge < -0.3 is 0 Å². The third kappa shape index (κ3) is 1.59. The highest BCUT2D eigenvalue weighted by Crippen LogP contribution is 2.35. The van der Waals surface area contributed by atoms with E-state index in [0.717, 1.165) is 22.4 Å². The molecule has 0 unspecified atom stereocenters. The first kappa shape index (κ1) is 12.9. The van der Waals surface area contributed by atoms with Gasteiger partial charge in [0.1, 0.15) is 5.52 Å². The first-order chi connectivity index (χ1) is 8.40. The molecule has 0 radical (unpaired) electrons. The van der Waals surface area contributed by atoms with Crippen LogP contribution < -0.4 is 0 Å². The Bertz CT molecular complexity index is 661. The van der Waals surface area contributed by atoms with Gasteiger partial charge in [0, 0.05) is 5.69 Å². The molecule has 96 valence electrons. The van der Waals surface area contributed by atoms with Crippen LogP contribution in [0.15, 0.2) is 5.03 Å². The molecule has 0 aromatic carbocycles. The molecule has 0 spiro atoms. The molecule has 2 aromatic heterocycles. The number of rotatable bonds is 2. The van der Waals surface area contributed by atoms with Gasteiger partial charge in [0.25, 0.3) is 0 Å². The number of hydrogen-bond donors (Lipinski definition) is 0. The highest BCUT2D eigenvalue weighted by Gasteiger charge is 2.26. The number of fused-ring (bicyclic) bond motifs is 1. The Morgan fingerprint density at radius 1 is 1.17 bits per heavy atom. The van der Waals surface area contributed by atoms with Gasteiger partial charge in [-0.3, -0.25) is 10.1 Å². The summed E-state index contributed by atoms with van der Waals surface area (Å²) in [7, 11) is 0. The van der Waals surface area contributed by atoms with Crippen molar-refractivity contribution >= 4 is 23.0 Å². The normalized spacial score (nSPS) is 11.2. The Labute approximate surface area is 109 Å². The molecule has 2 heterocycles. The van der Waals surface area contributed by atoms with E-state index in [4.69, 9.17) is 0 Å². The van der Waals surface area contributed by atoms with Crippen molar-refractivity contribution < 1.29 is 4.92 Å². The first-order valence-corrected chi connectivity index (χ1v) is 6.80. The SMILES string of the molecule is CSc1nn2c(C)c(C)c(C)c(C)c2c1[N+](=O)[O-]. The summed E-state index contributed by atoms with van der Waals surface area (Å²) in [4.78, 5) is 10.9. The molecule has 6 heteroatoms. The van der Waals surface area contributed by atoms with Crippen molar-refractivity contribution in [3.05, 3.63) is 32.5 Å². The second kappa shape index (κ2) is 4.28. The molecule has 18 heavy (non-hydrogen) atoms. The van der Waals surface area contributed by atoms with Gasteiger partial charge in [-0.1, -0.05) is 0 Å². The van der Waals surface area contributed by atoms with Crippen LogP contribution in [0.25, 0.3) is 5.52 Å². The Morgan fingerprint density at radius 3 is 2.28 bits per heavy atom. The summed E-state index contributed by atoms with van der Waals surface area (Å²) in [6.45, 7) is 7.86. The molecule has 2 rings (SSSR count). The van der Waals surface area contributed by atoms with Gasteiger partial charge in [-0.15, -0.1) is 11.8 Å². The van der Waals surface area contributed by atoms with Crippen LogP contribution in [0.1, 0.15) is 22.4 Å². The lowest BCUT2D eigenvalue weighted by atomic mass is 10.0. The number of hydrogen-bond acceptors (Lipinski definition) is 4. The summed E-state index contributed by atoms with van der Waals surface area (Å²) in [6.07, 6.45) is 1.80. The maximum absolute atomic E-state index is 11.3. The van der Waals surface area contributed by atoms with Crippen molar-refractivity contribution in [2.24, 2.45) is 0 Å². The minimum atomic E-state index is -0.338. The number of aromatic nitrogens is 2. The Morgan fingerprint density at radius 2 is 1.78 bits per heavy atom. The molecule has 5 nitrogen and oxygen atoms in total. The van der Waals surface area contributed by atoms with Crippen molar-refractivity contribution in [1.82, 2.24) is 9.61 Å². The van der Waals surface area contributed by atoms with Crippen LogP contribution in [-0.4, -0.2) is 20.8 Å². The van der Waals surface area contributed by atoms with E-state index in [2.05, 4.69) is 5.10 Å². The molecule has 0 aliphatic rings. The van der Waals surface area contributed by atoms with E-state index in [1.165, 1.54) is 11.8 Å². The van der Waals surface area contributed by atoms with Gasteiger partial charge in [-0.25, -0.2) is 4.52 Å². The summed E-state index contributed by atoms with van der Waals surface area (Å²) in [5.74, 6) is 0. The van der Waals surface area contributed by atoms with Gasteiger partial charge in [0.05, 0.1) is 4.92 Å². The summed E-state index contributed by atoms with van der Waals surface area (Å²) in [6, 6.07) is 0. The molecule has 0 aliphatic heterocycles. The highest BCUT2D eigenvalue weighted by molar-refractivity contribution is 7.98. The fourth-order valence-electron chi connectivity index (χ4n) is 2.16. The fraction of sp³-hybridized carbons (Fsp3) is 0.417. The summed E-state index contributed by atoms with van der Waals surface area (Å²) < 4.78 is 1.70. The Balaban J connectivity index is 3.05. The second-order valence-electron chi connectivity index (χ2n) is 4.34. The van der Waals surface area contributed by atoms with Crippen molar-refractivity contribution in [2.45, 2.75) is 32.7 Å². The average Bonchev–Trinajstić information content (AvgIpc) is 2.73. The maximum Gasteiger partial charge on any atom is 0.328 e. The number of pyridine rings is 1. The quantitative estimate of drug-likeness (QED) is 0.475. The van der Waals surface area contributed by atoms with Crippen LogP contribution in [0.4, 0.5) is 5.69 Å². The van der Waals surface area contributed by atoms with Crippen molar-refractivity contribution in [3.8, 4) is 0 Å². The lowest BCUT2D eigenvalue weighted by Crippen LogP contribution is -2.02. The van der Waals surface area contributed by atoms with Gasteiger partial charge in [-0.2, -0.15) is 5.10 Å². The molecular formula is C12H15N3O2S. The van der Waals surface area contributed by atoms with Crippen LogP contribution in [0.5, 0.6) is 0 Å². The number of nitro groups is 1. The molecule has 0 N–H and O–H groups in total. The molecule has 0 aliphatic carbocycles. The summed E-state index contributed by atoms with van der Waals surface area (Å²) in [5, 5.41) is 16.1. The van der Waals surface area contributed by atoms with E-state index in [1.807, 2.05) is 27.7 Å². The molecule has 0 saturated heterocycles. The first-order valence-electron chi connectivity index (χ1n) is 5.57. The molecule has 0 amide bonds. The Hall–Kier alpha value is -1.56. The van der Waals surface area contributed by atoms with E-state index >= 15 is 0 Å². The highest BCUT2D eigenvalue weighted by atomic mass is 32.2. The van der Waals surface area contributed by atoms with Gasteiger partial charge in [-0.05, 0) is 50.6 Å². The number of aryl methyl sites for hydroxylation is 2. The second-order valence-corrected chi connectivity index (χ2v) is 5.13. The van der Waals surface area contributed by atoms with E-state index < -0.39 is 0 Å². The van der Waals surface area contributed by atoms with Crippen LogP contribution in [-0.2, 0) is 0 Å². The molecular weight excluding hydrogens is 250 g/mol. The van der Waals surface area contributed by atoms with Crippen LogP contribution in [0, 0.1) is 37.8 Å². The van der Waals surface area contributed by atoms with Gasteiger partial charge in [0.2, 0.25) is 0 Å². The number of thioether (sulfide) groups is 1. The molecule has 0 bridgehead atoms. The van der Waals surface area contributed by atoms with Gasteiger partial charge >= 0.3 is 5.69 Å². The van der Waals surface area contributed by atoms with Crippen molar-refractivity contribution in [2.75, 3.05) is 6.26 Å². The van der Waals surface area contributed by atoms with Crippen molar-refractivity contribution in [3.63, 3.8) is 0 Å². The van der Waals surface area contributed by atoms with Crippen LogP contribution in [0.2, 0.25) is 0 Å². The zero-order valence-electron chi connectivity index (χ0n) is 11.1. The smallest absolute Gasteiger partial charge is 0.258 e. The standard InChI is InChI=1S/C12H15N3O2S/c1-6-7(2)9(4)14-10(8(6)3)11(15(16)17)12(13-14)18-5/h1-5H3. The number of nitrogens with zero attached hydrogens (tertiary/aromatic N) is 3. The third-order valence-corrected chi connectivity index (χ3v) is 4.21. The predicted octanol–water partition coefficient (Wildman–Crippen LogP) is 3.20. The topological polar surface area (TPSA) is 60.4 Å².